The van der Waals surface area contributed by atoms with Gasteiger partial charge in [0.1, 0.15) is 17.3 Å². The van der Waals surface area contributed by atoms with Crippen molar-refractivity contribution in [2.45, 2.75) is 6.92 Å². The first-order valence-corrected chi connectivity index (χ1v) is 5.80. The number of benzene rings is 1. The molecular weight excluding hydrogens is 244 g/mol. The zero-order valence-corrected chi connectivity index (χ0v) is 11.4. The van der Waals surface area contributed by atoms with E-state index < -0.39 is 0 Å². The monoisotopic (exact) mass is 260 g/mol. The molecular formula is C13H16N4O2. The van der Waals surface area contributed by atoms with Crippen molar-refractivity contribution in [2.75, 3.05) is 26.6 Å². The maximum atomic E-state index is 5.44. The number of rotatable bonds is 4. The molecule has 0 aliphatic carbocycles. The number of nitrogens with one attached hydrogen (secondary N) is 1. The van der Waals surface area contributed by atoms with Gasteiger partial charge in [0.15, 0.2) is 5.82 Å². The molecule has 100 valence electrons. The third-order valence-electron chi connectivity index (χ3n) is 2.84. The minimum absolute atomic E-state index is 0.509. The Balaban J connectivity index is 2.58. The fourth-order valence-electron chi connectivity index (χ4n) is 1.87. The number of ether oxygens (including phenoxy) is 2. The van der Waals surface area contributed by atoms with Crippen molar-refractivity contribution in [2.24, 2.45) is 0 Å². The van der Waals surface area contributed by atoms with Gasteiger partial charge in [-0.25, -0.2) is 4.98 Å². The van der Waals surface area contributed by atoms with Gasteiger partial charge >= 0.3 is 0 Å². The van der Waals surface area contributed by atoms with E-state index in [2.05, 4.69) is 20.5 Å². The van der Waals surface area contributed by atoms with E-state index in [4.69, 9.17) is 9.47 Å². The highest BCUT2D eigenvalue weighted by atomic mass is 16.5. The highest BCUT2D eigenvalue weighted by Gasteiger charge is 2.15. The molecule has 0 aliphatic heterocycles. The molecule has 2 rings (SSSR count). The average molecular weight is 260 g/mol. The summed E-state index contributed by atoms with van der Waals surface area (Å²) in [6, 6.07) is 3.73. The van der Waals surface area contributed by atoms with Gasteiger partial charge in [-0.15, -0.1) is 5.10 Å². The molecule has 2 aromatic rings. The summed E-state index contributed by atoms with van der Waals surface area (Å²) in [6.07, 6.45) is 1.56. The fraction of sp³-hybridized carbons (Fsp3) is 0.308. The SMILES string of the molecule is CNc1cnnc(-c2ccc(OC)c(C)c2OC)n1. The molecule has 0 aliphatic rings. The molecule has 19 heavy (non-hydrogen) atoms. The number of hydrogen-bond donors (Lipinski definition) is 1. The maximum absolute atomic E-state index is 5.44. The maximum Gasteiger partial charge on any atom is 0.187 e. The molecule has 0 unspecified atom stereocenters. The Morgan fingerprint density at radius 1 is 1.16 bits per heavy atom. The van der Waals surface area contributed by atoms with Crippen LogP contribution in [0.3, 0.4) is 0 Å². The third kappa shape index (κ3) is 2.42. The Labute approximate surface area is 111 Å². The number of nitrogens with zero attached hydrogens (tertiary/aromatic N) is 3. The molecule has 1 N–H and O–H groups in total. The Morgan fingerprint density at radius 3 is 2.58 bits per heavy atom. The van der Waals surface area contributed by atoms with Crippen LogP contribution in [0.15, 0.2) is 18.3 Å². The minimum atomic E-state index is 0.509. The molecule has 0 saturated carbocycles. The number of hydrogen-bond acceptors (Lipinski definition) is 6. The summed E-state index contributed by atoms with van der Waals surface area (Å²) < 4.78 is 10.7. The molecule has 6 heteroatoms. The van der Waals surface area contributed by atoms with Gasteiger partial charge in [-0.1, -0.05) is 0 Å². The van der Waals surface area contributed by atoms with E-state index in [1.807, 2.05) is 19.1 Å². The van der Waals surface area contributed by atoms with E-state index in [9.17, 15) is 0 Å². The largest absolute Gasteiger partial charge is 0.496 e. The van der Waals surface area contributed by atoms with Gasteiger partial charge in [-0.2, -0.15) is 5.10 Å². The first-order valence-electron chi connectivity index (χ1n) is 5.80. The summed E-state index contributed by atoms with van der Waals surface area (Å²) in [5.74, 6) is 2.61. The molecule has 0 fully saturated rings. The predicted octanol–water partition coefficient (Wildman–Crippen LogP) is 1.91. The Morgan fingerprint density at radius 2 is 1.95 bits per heavy atom. The first kappa shape index (κ1) is 13.1. The smallest absolute Gasteiger partial charge is 0.187 e. The van der Waals surface area contributed by atoms with Crippen LogP contribution in [-0.4, -0.2) is 36.4 Å². The highest BCUT2D eigenvalue weighted by molar-refractivity contribution is 5.69. The zero-order valence-electron chi connectivity index (χ0n) is 11.4. The van der Waals surface area contributed by atoms with Crippen LogP contribution in [0.1, 0.15) is 5.56 Å². The van der Waals surface area contributed by atoms with Gasteiger partial charge in [0, 0.05) is 12.6 Å². The van der Waals surface area contributed by atoms with Crippen LogP contribution in [0.4, 0.5) is 5.82 Å². The topological polar surface area (TPSA) is 69.2 Å². The van der Waals surface area contributed by atoms with E-state index in [-0.39, 0.29) is 0 Å². The second kappa shape index (κ2) is 5.51. The van der Waals surface area contributed by atoms with Crippen molar-refractivity contribution in [3.8, 4) is 22.9 Å². The van der Waals surface area contributed by atoms with Crippen molar-refractivity contribution in [3.05, 3.63) is 23.9 Å². The van der Waals surface area contributed by atoms with Crippen molar-refractivity contribution in [3.63, 3.8) is 0 Å². The van der Waals surface area contributed by atoms with Crippen LogP contribution in [0, 0.1) is 6.92 Å². The molecule has 0 amide bonds. The molecule has 0 spiro atoms. The van der Waals surface area contributed by atoms with Gasteiger partial charge in [-0.05, 0) is 19.1 Å². The van der Waals surface area contributed by atoms with Gasteiger partial charge in [0.25, 0.3) is 0 Å². The van der Waals surface area contributed by atoms with Crippen LogP contribution >= 0.6 is 0 Å². The lowest BCUT2D eigenvalue weighted by atomic mass is 10.1. The van der Waals surface area contributed by atoms with E-state index in [1.54, 1.807) is 27.5 Å². The molecule has 0 atom stereocenters. The lowest BCUT2D eigenvalue weighted by molar-refractivity contribution is 0.389. The first-order chi connectivity index (χ1) is 9.21. The van der Waals surface area contributed by atoms with Gasteiger partial charge in [0.2, 0.25) is 0 Å². The summed E-state index contributed by atoms with van der Waals surface area (Å²) in [5.41, 5.74) is 1.69. The van der Waals surface area contributed by atoms with Crippen LogP contribution in [0.5, 0.6) is 11.5 Å². The van der Waals surface area contributed by atoms with E-state index >= 15 is 0 Å². The summed E-state index contributed by atoms with van der Waals surface area (Å²) in [6.45, 7) is 1.93. The van der Waals surface area contributed by atoms with E-state index in [1.165, 1.54) is 0 Å². The quantitative estimate of drug-likeness (QED) is 0.905. The Bertz CT molecular complexity index is 587. The second-order valence-electron chi connectivity index (χ2n) is 3.89. The average Bonchev–Trinajstić information content (AvgIpc) is 2.47. The van der Waals surface area contributed by atoms with Gasteiger partial charge in [0.05, 0.1) is 26.0 Å². The summed E-state index contributed by atoms with van der Waals surface area (Å²) in [7, 11) is 5.02. The minimum Gasteiger partial charge on any atom is -0.496 e. The molecule has 0 bridgehead atoms. The number of methoxy groups -OCH3 is 2. The van der Waals surface area contributed by atoms with Crippen LogP contribution < -0.4 is 14.8 Å². The van der Waals surface area contributed by atoms with Crippen molar-refractivity contribution in [1.82, 2.24) is 15.2 Å². The highest BCUT2D eigenvalue weighted by Crippen LogP contribution is 2.36. The molecule has 0 saturated heterocycles. The molecule has 1 heterocycles. The Hall–Kier alpha value is -2.37. The third-order valence-corrected chi connectivity index (χ3v) is 2.84. The van der Waals surface area contributed by atoms with Crippen molar-refractivity contribution < 1.29 is 9.47 Å². The predicted molar refractivity (Wildman–Crippen MR) is 72.7 cm³/mol. The molecule has 6 nitrogen and oxygen atoms in total. The second-order valence-corrected chi connectivity index (χ2v) is 3.89. The van der Waals surface area contributed by atoms with Gasteiger partial charge in [-0.3, -0.25) is 0 Å². The van der Waals surface area contributed by atoms with Crippen LogP contribution in [0.25, 0.3) is 11.4 Å². The fourth-order valence-corrected chi connectivity index (χ4v) is 1.87. The Kier molecular flexibility index (Phi) is 3.79. The zero-order chi connectivity index (χ0) is 13.8. The summed E-state index contributed by atoms with van der Waals surface area (Å²) >= 11 is 0. The van der Waals surface area contributed by atoms with Crippen molar-refractivity contribution >= 4 is 5.82 Å². The molecule has 1 aromatic heterocycles. The lowest BCUT2D eigenvalue weighted by Crippen LogP contribution is -2.01. The van der Waals surface area contributed by atoms with Gasteiger partial charge < -0.3 is 14.8 Å². The normalized spacial score (nSPS) is 10.1. The summed E-state index contributed by atoms with van der Waals surface area (Å²) in [4.78, 5) is 4.36. The van der Waals surface area contributed by atoms with Crippen LogP contribution in [-0.2, 0) is 0 Å². The number of aromatic nitrogens is 3. The van der Waals surface area contributed by atoms with E-state index in [0.717, 1.165) is 16.9 Å². The molecule has 1 aromatic carbocycles. The summed E-state index contributed by atoms with van der Waals surface area (Å²) in [5, 5.41) is 10.9. The van der Waals surface area contributed by atoms with Crippen molar-refractivity contribution in [1.29, 1.82) is 0 Å². The lowest BCUT2D eigenvalue weighted by Gasteiger charge is -2.13. The van der Waals surface area contributed by atoms with Crippen LogP contribution in [0.2, 0.25) is 0 Å². The van der Waals surface area contributed by atoms with E-state index in [0.29, 0.717) is 17.4 Å². The number of anilines is 1. The standard InChI is InChI=1S/C13H16N4O2/c1-8-10(18-3)6-5-9(12(8)19-4)13-16-11(14-2)7-15-17-13/h5-7H,1-4H3,(H,14,16,17). The molecule has 0 radical (unpaired) electrons.